The lowest BCUT2D eigenvalue weighted by molar-refractivity contribution is -0.132. The molecule has 7 nitrogen and oxygen atoms in total. The van der Waals surface area contributed by atoms with Crippen LogP contribution < -0.4 is 0 Å². The van der Waals surface area contributed by atoms with Crippen LogP contribution in [0.15, 0.2) is 24.3 Å². The van der Waals surface area contributed by atoms with E-state index in [2.05, 4.69) is 0 Å². The van der Waals surface area contributed by atoms with Crippen LogP contribution in [0.4, 0.5) is 8.78 Å². The van der Waals surface area contributed by atoms with Crippen molar-refractivity contribution in [1.29, 1.82) is 0 Å². The minimum absolute atomic E-state index is 0.131. The Morgan fingerprint density at radius 2 is 1.94 bits per heavy atom. The van der Waals surface area contributed by atoms with Gasteiger partial charge in [0, 0.05) is 51.8 Å². The summed E-state index contributed by atoms with van der Waals surface area (Å²) in [6, 6.07) is 3.38. The number of carbonyl (C=O) groups excluding carboxylic acids is 2. The molecule has 0 spiro atoms. The lowest BCUT2D eigenvalue weighted by Gasteiger charge is -2.42. The predicted molar refractivity (Wildman–Crippen MR) is 120 cm³/mol. The van der Waals surface area contributed by atoms with Gasteiger partial charge in [-0.1, -0.05) is 19.9 Å². The normalized spacial score (nSPS) is 23.1. The summed E-state index contributed by atoms with van der Waals surface area (Å²) in [7, 11) is 0. The number of aliphatic hydroxyl groups is 2. The summed E-state index contributed by atoms with van der Waals surface area (Å²) in [5.74, 6) is -2.39. The lowest BCUT2D eigenvalue weighted by atomic mass is 9.80. The molecule has 0 radical (unpaired) electrons. The van der Waals surface area contributed by atoms with Gasteiger partial charge in [0.2, 0.25) is 11.8 Å². The number of rotatable bonds is 6. The van der Waals surface area contributed by atoms with E-state index < -0.39 is 23.8 Å². The average molecular weight is 466 g/mol. The van der Waals surface area contributed by atoms with Crippen LogP contribution in [0.25, 0.3) is 6.08 Å². The van der Waals surface area contributed by atoms with Crippen molar-refractivity contribution in [3.8, 4) is 0 Å². The van der Waals surface area contributed by atoms with Gasteiger partial charge in [-0.3, -0.25) is 14.5 Å². The molecule has 1 aromatic carbocycles. The molecule has 33 heavy (non-hydrogen) atoms. The number of likely N-dealkylation sites (tertiary alicyclic amines) is 1. The predicted octanol–water partition coefficient (Wildman–Crippen LogP) is 1.49. The third-order valence-electron chi connectivity index (χ3n) is 6.57. The molecule has 3 rings (SSSR count). The summed E-state index contributed by atoms with van der Waals surface area (Å²) in [4.78, 5) is 30.2. The van der Waals surface area contributed by atoms with Crippen molar-refractivity contribution in [2.45, 2.75) is 38.9 Å². The summed E-state index contributed by atoms with van der Waals surface area (Å²) in [5.41, 5.74) is 0.224. The van der Waals surface area contributed by atoms with Crippen LogP contribution in [0.2, 0.25) is 0 Å². The number of benzene rings is 1. The number of β-amino-alcohol motifs (C(OH)–C–C–N with tert-alkyl or cyclic N) is 2. The number of hydrogen-bond donors (Lipinski definition) is 2. The molecule has 2 aliphatic rings. The molecular formula is C24H33F2N3O4. The van der Waals surface area contributed by atoms with E-state index in [1.807, 2.05) is 18.7 Å². The highest BCUT2D eigenvalue weighted by Crippen LogP contribution is 2.30. The number of piperidine rings is 1. The highest BCUT2D eigenvalue weighted by atomic mass is 19.2. The second kappa shape index (κ2) is 10.7. The van der Waals surface area contributed by atoms with Gasteiger partial charge in [0.1, 0.15) is 0 Å². The minimum Gasteiger partial charge on any atom is -0.391 e. The van der Waals surface area contributed by atoms with Crippen LogP contribution in [0, 0.1) is 17.0 Å². The lowest BCUT2D eigenvalue weighted by Crippen LogP contribution is -2.51. The van der Waals surface area contributed by atoms with Gasteiger partial charge in [-0.15, -0.1) is 0 Å². The molecule has 0 bridgehead atoms. The number of halogens is 2. The monoisotopic (exact) mass is 465 g/mol. The summed E-state index contributed by atoms with van der Waals surface area (Å²) < 4.78 is 26.4. The van der Waals surface area contributed by atoms with E-state index in [0.29, 0.717) is 31.7 Å². The van der Waals surface area contributed by atoms with Crippen LogP contribution in [0.3, 0.4) is 0 Å². The zero-order chi connectivity index (χ0) is 24.2. The second-order valence-corrected chi connectivity index (χ2v) is 9.59. The third kappa shape index (κ3) is 6.82. The van der Waals surface area contributed by atoms with Crippen LogP contribution in [-0.4, -0.2) is 94.7 Å². The molecule has 2 amide bonds. The number of amides is 2. The van der Waals surface area contributed by atoms with E-state index in [1.165, 1.54) is 23.1 Å². The first-order valence-corrected chi connectivity index (χ1v) is 11.3. The van der Waals surface area contributed by atoms with E-state index in [4.69, 9.17) is 0 Å². The molecule has 9 heteroatoms. The molecule has 2 N–H and O–H groups in total. The number of hydrogen-bond acceptors (Lipinski definition) is 5. The number of aliphatic hydroxyl groups excluding tert-OH is 2. The van der Waals surface area contributed by atoms with Crippen molar-refractivity contribution in [3.63, 3.8) is 0 Å². The Labute approximate surface area is 193 Å². The summed E-state index contributed by atoms with van der Waals surface area (Å²) in [6.07, 6.45) is 2.46. The van der Waals surface area contributed by atoms with Gasteiger partial charge >= 0.3 is 0 Å². The second-order valence-electron chi connectivity index (χ2n) is 9.59. The Kier molecular flexibility index (Phi) is 8.20. The maximum atomic E-state index is 13.3. The van der Waals surface area contributed by atoms with Gasteiger partial charge in [0.15, 0.2) is 11.6 Å². The maximum Gasteiger partial charge on any atom is 0.246 e. The average Bonchev–Trinajstić information content (AvgIpc) is 2.93. The third-order valence-corrected chi connectivity index (χ3v) is 6.57. The van der Waals surface area contributed by atoms with Crippen LogP contribution in [-0.2, 0) is 9.59 Å². The Morgan fingerprint density at radius 1 is 1.18 bits per heavy atom. The van der Waals surface area contributed by atoms with Gasteiger partial charge in [-0.2, -0.15) is 0 Å². The first kappa shape index (κ1) is 25.3. The van der Waals surface area contributed by atoms with Crippen molar-refractivity contribution in [3.05, 3.63) is 41.5 Å². The molecule has 2 heterocycles. The SMILES string of the molecule is CC1(C)CCN(CC(O)CN2CCN(C(=O)/C=C/c3ccc(F)c(F)c3)CCC2=O)CC1O. The first-order valence-electron chi connectivity index (χ1n) is 11.3. The smallest absolute Gasteiger partial charge is 0.246 e. The van der Waals surface area contributed by atoms with Crippen molar-refractivity contribution in [1.82, 2.24) is 14.7 Å². The zero-order valence-corrected chi connectivity index (χ0v) is 19.2. The van der Waals surface area contributed by atoms with E-state index >= 15 is 0 Å². The molecule has 2 saturated heterocycles. The Hall–Kier alpha value is -2.36. The highest BCUT2D eigenvalue weighted by Gasteiger charge is 2.35. The fraction of sp³-hybridized carbons (Fsp3) is 0.583. The molecule has 2 unspecified atom stereocenters. The molecule has 2 fully saturated rings. The van der Waals surface area contributed by atoms with Gasteiger partial charge < -0.3 is 20.0 Å². The Morgan fingerprint density at radius 3 is 2.64 bits per heavy atom. The molecule has 0 saturated carbocycles. The van der Waals surface area contributed by atoms with E-state index in [0.717, 1.165) is 25.1 Å². The van der Waals surface area contributed by atoms with Gasteiger partial charge in [0.05, 0.1) is 12.2 Å². The van der Waals surface area contributed by atoms with E-state index in [9.17, 15) is 28.6 Å². The van der Waals surface area contributed by atoms with Crippen molar-refractivity contribution in [2.75, 3.05) is 45.8 Å². The van der Waals surface area contributed by atoms with Crippen molar-refractivity contribution in [2.24, 2.45) is 5.41 Å². The Bertz CT molecular complexity index is 892. The fourth-order valence-electron chi connectivity index (χ4n) is 4.14. The molecule has 0 aromatic heterocycles. The molecule has 182 valence electrons. The van der Waals surface area contributed by atoms with Crippen molar-refractivity contribution < 1.29 is 28.6 Å². The summed E-state index contributed by atoms with van der Waals surface area (Å²) >= 11 is 0. The molecular weight excluding hydrogens is 432 g/mol. The van der Waals surface area contributed by atoms with Crippen LogP contribution in [0.1, 0.15) is 32.3 Å². The molecule has 1 aromatic rings. The topological polar surface area (TPSA) is 84.3 Å². The van der Waals surface area contributed by atoms with Gasteiger partial charge in [-0.05, 0) is 42.2 Å². The number of carbonyl (C=O) groups is 2. The Balaban J connectivity index is 1.50. The maximum absolute atomic E-state index is 13.3. The summed E-state index contributed by atoms with van der Waals surface area (Å²) in [5, 5.41) is 20.8. The largest absolute Gasteiger partial charge is 0.391 e. The zero-order valence-electron chi connectivity index (χ0n) is 19.2. The first-order chi connectivity index (χ1) is 15.5. The van der Waals surface area contributed by atoms with E-state index in [-0.39, 0.29) is 36.7 Å². The minimum atomic E-state index is -0.984. The van der Waals surface area contributed by atoms with Gasteiger partial charge in [0.25, 0.3) is 0 Å². The van der Waals surface area contributed by atoms with Crippen molar-refractivity contribution >= 4 is 17.9 Å². The molecule has 0 aliphatic carbocycles. The molecule has 2 aliphatic heterocycles. The van der Waals surface area contributed by atoms with Crippen LogP contribution >= 0.6 is 0 Å². The summed E-state index contributed by atoms with van der Waals surface area (Å²) in [6.45, 7) is 6.74. The molecule has 2 atom stereocenters. The highest BCUT2D eigenvalue weighted by molar-refractivity contribution is 5.92. The van der Waals surface area contributed by atoms with E-state index in [1.54, 1.807) is 4.90 Å². The quantitative estimate of drug-likeness (QED) is 0.622. The van der Waals surface area contributed by atoms with Gasteiger partial charge in [-0.25, -0.2) is 8.78 Å². The van der Waals surface area contributed by atoms with Crippen LogP contribution in [0.5, 0.6) is 0 Å². The fourth-order valence-corrected chi connectivity index (χ4v) is 4.14. The number of nitrogens with zero attached hydrogens (tertiary/aromatic N) is 3. The standard InChI is InChI=1S/C24H33F2N3O4/c1-24(2)8-10-27(16-21(24)31)14-18(30)15-29-12-11-28(9-7-23(29)33)22(32)6-4-17-3-5-19(25)20(26)13-17/h3-6,13,18,21,30-31H,7-12,14-16H2,1-2H3/b6-4+.